The van der Waals surface area contributed by atoms with E-state index in [0.29, 0.717) is 5.92 Å². The topological polar surface area (TPSA) is 35.5 Å². The highest BCUT2D eigenvalue weighted by molar-refractivity contribution is 6.03. The zero-order chi connectivity index (χ0) is 14.2. The van der Waals surface area contributed by atoms with Gasteiger partial charge < -0.3 is 9.47 Å². The number of ketones is 1. The largest absolute Gasteiger partial charge is 0.493 e. The van der Waals surface area contributed by atoms with Gasteiger partial charge >= 0.3 is 0 Å². The molecule has 2 aliphatic rings. The minimum absolute atomic E-state index is 0.140. The van der Waals surface area contributed by atoms with Crippen LogP contribution in [0, 0.1) is 5.92 Å². The number of carbonyl (C=O) groups excluding carboxylic acids is 1. The van der Waals surface area contributed by atoms with E-state index in [-0.39, 0.29) is 5.78 Å². The number of carbonyl (C=O) groups is 1. The molecule has 0 N–H and O–H groups in total. The van der Waals surface area contributed by atoms with Gasteiger partial charge in [0.05, 0.1) is 6.61 Å². The van der Waals surface area contributed by atoms with Gasteiger partial charge in [0, 0.05) is 19.1 Å². The summed E-state index contributed by atoms with van der Waals surface area (Å²) in [5.41, 5.74) is 1.29. The Kier molecular flexibility index (Phi) is 3.55. The molecule has 1 fully saturated rings. The Bertz CT molecular complexity index is 523. The maximum absolute atomic E-state index is 12.9. The summed E-state index contributed by atoms with van der Waals surface area (Å²) in [5.74, 6) is 1.61. The van der Waals surface area contributed by atoms with E-state index in [1.54, 1.807) is 7.11 Å². The summed E-state index contributed by atoms with van der Waals surface area (Å²) in [6, 6.07) is 5.79. The first-order valence-electron chi connectivity index (χ1n) is 7.50. The quantitative estimate of drug-likeness (QED) is 0.792. The summed E-state index contributed by atoms with van der Waals surface area (Å²) in [6.07, 6.45) is 4.81. The fraction of sp³-hybridized carbons (Fsp3) is 0.588. The molecule has 0 aromatic heterocycles. The van der Waals surface area contributed by atoms with Crippen LogP contribution < -0.4 is 4.74 Å². The SMILES string of the molecule is COC1(C(=O)c2ccc3c(c2)CCO3)CCCC(C)C1. The van der Waals surface area contributed by atoms with Gasteiger partial charge in [-0.05, 0) is 48.9 Å². The maximum Gasteiger partial charge on any atom is 0.194 e. The Morgan fingerprint density at radius 3 is 3.05 bits per heavy atom. The number of methoxy groups -OCH3 is 1. The average molecular weight is 274 g/mol. The average Bonchev–Trinajstić information content (AvgIpc) is 2.93. The van der Waals surface area contributed by atoms with Crippen LogP contribution in [-0.4, -0.2) is 25.1 Å². The van der Waals surface area contributed by atoms with Crippen molar-refractivity contribution in [3.8, 4) is 5.75 Å². The van der Waals surface area contributed by atoms with Crippen LogP contribution in [0.1, 0.15) is 48.5 Å². The van der Waals surface area contributed by atoms with Gasteiger partial charge in [-0.25, -0.2) is 0 Å². The number of rotatable bonds is 3. The highest BCUT2D eigenvalue weighted by atomic mass is 16.5. The van der Waals surface area contributed by atoms with Crippen molar-refractivity contribution in [3.63, 3.8) is 0 Å². The van der Waals surface area contributed by atoms with Crippen LogP contribution in [0.2, 0.25) is 0 Å². The Morgan fingerprint density at radius 1 is 1.45 bits per heavy atom. The molecular formula is C17H22O3. The second kappa shape index (κ2) is 5.21. The van der Waals surface area contributed by atoms with Crippen molar-refractivity contribution in [2.45, 2.75) is 44.6 Å². The lowest BCUT2D eigenvalue weighted by atomic mass is 9.74. The van der Waals surface area contributed by atoms with E-state index in [4.69, 9.17) is 9.47 Å². The lowest BCUT2D eigenvalue weighted by Crippen LogP contribution is -2.44. The van der Waals surface area contributed by atoms with Gasteiger partial charge in [0.15, 0.2) is 5.78 Å². The number of Topliss-reactive ketones (excluding diaryl/α,β-unsaturated/α-hetero) is 1. The lowest BCUT2D eigenvalue weighted by molar-refractivity contribution is -0.0302. The fourth-order valence-electron chi connectivity index (χ4n) is 3.58. The number of hydrogen-bond acceptors (Lipinski definition) is 3. The normalized spacial score (nSPS) is 28.8. The van der Waals surface area contributed by atoms with Crippen LogP contribution in [0.3, 0.4) is 0 Å². The standard InChI is InChI=1S/C17H22O3/c1-12-4-3-8-17(11-12,19-2)16(18)14-5-6-15-13(10-14)7-9-20-15/h5-6,10,12H,3-4,7-9,11H2,1-2H3. The predicted octanol–water partition coefficient (Wildman–Crippen LogP) is 3.40. The van der Waals surface area contributed by atoms with Gasteiger partial charge in [-0.2, -0.15) is 0 Å². The highest BCUT2D eigenvalue weighted by Crippen LogP contribution is 2.38. The van der Waals surface area contributed by atoms with Gasteiger partial charge in [-0.15, -0.1) is 0 Å². The molecule has 1 aromatic rings. The maximum atomic E-state index is 12.9. The van der Waals surface area contributed by atoms with E-state index in [1.807, 2.05) is 18.2 Å². The van der Waals surface area contributed by atoms with E-state index in [2.05, 4.69) is 6.92 Å². The van der Waals surface area contributed by atoms with Gasteiger partial charge in [-0.1, -0.05) is 13.3 Å². The van der Waals surface area contributed by atoms with E-state index in [9.17, 15) is 4.79 Å². The van der Waals surface area contributed by atoms with Gasteiger partial charge in [0.25, 0.3) is 0 Å². The minimum Gasteiger partial charge on any atom is -0.493 e. The Labute approximate surface area is 120 Å². The van der Waals surface area contributed by atoms with Crippen LogP contribution in [0.4, 0.5) is 0 Å². The van der Waals surface area contributed by atoms with Crippen LogP contribution in [-0.2, 0) is 11.2 Å². The zero-order valence-corrected chi connectivity index (χ0v) is 12.3. The molecule has 3 nitrogen and oxygen atoms in total. The summed E-state index contributed by atoms with van der Waals surface area (Å²) in [7, 11) is 1.67. The molecule has 0 radical (unpaired) electrons. The third-order valence-corrected chi connectivity index (χ3v) is 4.71. The molecule has 0 bridgehead atoms. The van der Waals surface area contributed by atoms with E-state index >= 15 is 0 Å². The molecule has 3 heteroatoms. The molecule has 0 amide bonds. The van der Waals surface area contributed by atoms with E-state index in [1.165, 1.54) is 6.42 Å². The first-order valence-corrected chi connectivity index (χ1v) is 7.50. The Balaban J connectivity index is 1.90. The summed E-state index contributed by atoms with van der Waals surface area (Å²) in [5, 5.41) is 0. The third kappa shape index (κ3) is 2.24. The highest BCUT2D eigenvalue weighted by Gasteiger charge is 2.42. The van der Waals surface area contributed by atoms with E-state index in [0.717, 1.165) is 49.2 Å². The number of hydrogen-bond donors (Lipinski definition) is 0. The molecule has 0 saturated heterocycles. The summed E-state index contributed by atoms with van der Waals surface area (Å²) < 4.78 is 11.2. The Morgan fingerprint density at radius 2 is 2.30 bits per heavy atom. The summed E-state index contributed by atoms with van der Waals surface area (Å²) in [6.45, 7) is 2.93. The third-order valence-electron chi connectivity index (χ3n) is 4.71. The van der Waals surface area contributed by atoms with Crippen molar-refractivity contribution in [1.29, 1.82) is 0 Å². The number of benzene rings is 1. The Hall–Kier alpha value is -1.35. The van der Waals surface area contributed by atoms with Gasteiger partial charge in [-0.3, -0.25) is 4.79 Å². The summed E-state index contributed by atoms with van der Waals surface area (Å²) >= 11 is 0. The second-order valence-corrected chi connectivity index (χ2v) is 6.15. The molecule has 1 aromatic carbocycles. The van der Waals surface area contributed by atoms with Crippen LogP contribution in [0.25, 0.3) is 0 Å². The smallest absolute Gasteiger partial charge is 0.194 e. The fourth-order valence-corrected chi connectivity index (χ4v) is 3.58. The summed E-state index contributed by atoms with van der Waals surface area (Å²) in [4.78, 5) is 12.9. The molecule has 0 spiro atoms. The van der Waals surface area contributed by atoms with Gasteiger partial charge in [0.2, 0.25) is 0 Å². The van der Waals surface area contributed by atoms with Crippen LogP contribution >= 0.6 is 0 Å². The van der Waals surface area contributed by atoms with Gasteiger partial charge in [0.1, 0.15) is 11.4 Å². The molecule has 20 heavy (non-hydrogen) atoms. The monoisotopic (exact) mass is 274 g/mol. The number of ether oxygens (including phenoxy) is 2. The predicted molar refractivity (Wildman–Crippen MR) is 77.3 cm³/mol. The van der Waals surface area contributed by atoms with Crippen molar-refractivity contribution in [2.24, 2.45) is 5.92 Å². The molecule has 2 atom stereocenters. The van der Waals surface area contributed by atoms with Crippen molar-refractivity contribution < 1.29 is 14.3 Å². The van der Waals surface area contributed by atoms with Crippen molar-refractivity contribution >= 4 is 5.78 Å². The molecule has 1 heterocycles. The second-order valence-electron chi connectivity index (χ2n) is 6.15. The molecule has 3 rings (SSSR count). The molecule has 1 aliphatic heterocycles. The first-order chi connectivity index (χ1) is 9.64. The zero-order valence-electron chi connectivity index (χ0n) is 12.3. The van der Waals surface area contributed by atoms with Crippen LogP contribution in [0.5, 0.6) is 5.75 Å². The lowest BCUT2D eigenvalue weighted by Gasteiger charge is -2.37. The molecule has 1 aliphatic carbocycles. The van der Waals surface area contributed by atoms with Crippen molar-refractivity contribution in [3.05, 3.63) is 29.3 Å². The molecule has 108 valence electrons. The number of fused-ring (bicyclic) bond motifs is 1. The minimum atomic E-state index is -0.620. The molecule has 2 unspecified atom stereocenters. The van der Waals surface area contributed by atoms with Crippen LogP contribution in [0.15, 0.2) is 18.2 Å². The van der Waals surface area contributed by atoms with Crippen molar-refractivity contribution in [2.75, 3.05) is 13.7 Å². The van der Waals surface area contributed by atoms with Crippen molar-refractivity contribution in [1.82, 2.24) is 0 Å². The first kappa shape index (κ1) is 13.6. The van der Waals surface area contributed by atoms with E-state index < -0.39 is 5.60 Å². The molecule has 1 saturated carbocycles. The molecular weight excluding hydrogens is 252 g/mol.